The summed E-state index contributed by atoms with van der Waals surface area (Å²) in [6, 6.07) is 7.02. The lowest BCUT2D eigenvalue weighted by Crippen LogP contribution is -2.47. The number of nitrogens with one attached hydrogen (secondary N) is 2. The van der Waals surface area contributed by atoms with Crippen LogP contribution < -0.4 is 20.1 Å². The van der Waals surface area contributed by atoms with Gasteiger partial charge in [-0.05, 0) is 44.2 Å². The Balaban J connectivity index is 1.39. The SMILES string of the molecule is CCOC(=O)C1=C(COC(=O)CO/N=C(\C)c2ccc3c(c2)OCO3)NC(=O)NC1c1ccco1. The van der Waals surface area contributed by atoms with Crippen LogP contribution in [0.2, 0.25) is 0 Å². The number of benzene rings is 1. The van der Waals surface area contributed by atoms with Crippen molar-refractivity contribution in [3.8, 4) is 11.5 Å². The van der Waals surface area contributed by atoms with E-state index in [9.17, 15) is 14.4 Å². The molecule has 2 aliphatic heterocycles. The van der Waals surface area contributed by atoms with Gasteiger partial charge in [0.25, 0.3) is 0 Å². The Hall–Kier alpha value is -4.48. The van der Waals surface area contributed by atoms with E-state index in [0.717, 1.165) is 5.56 Å². The van der Waals surface area contributed by atoms with E-state index in [1.165, 1.54) is 6.26 Å². The standard InChI is InChI=1S/C23H23N3O9/c1-3-30-22(28)20-15(24-23(29)25-21(20)17-5-4-8-31-17)10-32-19(27)11-35-26-13(2)14-6-7-16-18(9-14)34-12-33-16/h4-9,21H,3,10-12H2,1-2H3,(H2,24,25,29)/b26-13+. The van der Waals surface area contributed by atoms with Crippen molar-refractivity contribution in [3.05, 3.63) is 59.2 Å². The fraction of sp³-hybridized carbons (Fsp3) is 0.304. The number of oxime groups is 1. The predicted molar refractivity (Wildman–Crippen MR) is 118 cm³/mol. The summed E-state index contributed by atoms with van der Waals surface area (Å²) in [7, 11) is 0. The summed E-state index contributed by atoms with van der Waals surface area (Å²) in [5, 5.41) is 9.01. The normalized spacial score (nSPS) is 16.9. The number of nitrogens with zero attached hydrogens (tertiary/aromatic N) is 1. The zero-order valence-corrected chi connectivity index (χ0v) is 19.0. The molecule has 1 aromatic carbocycles. The van der Waals surface area contributed by atoms with Crippen LogP contribution in [0.1, 0.15) is 31.2 Å². The molecule has 0 aliphatic carbocycles. The highest BCUT2D eigenvalue weighted by Gasteiger charge is 2.35. The van der Waals surface area contributed by atoms with Crippen molar-refractivity contribution < 1.29 is 42.6 Å². The van der Waals surface area contributed by atoms with Crippen LogP contribution in [-0.4, -0.2) is 50.3 Å². The Bertz CT molecular complexity index is 1170. The van der Waals surface area contributed by atoms with E-state index < -0.39 is 37.2 Å². The van der Waals surface area contributed by atoms with Crippen molar-refractivity contribution in [2.24, 2.45) is 5.16 Å². The summed E-state index contributed by atoms with van der Waals surface area (Å²) in [5.74, 6) is 0.113. The molecule has 1 atom stereocenters. The molecular formula is C23H23N3O9. The lowest BCUT2D eigenvalue weighted by Gasteiger charge is -2.27. The number of hydrogen-bond acceptors (Lipinski definition) is 10. The lowest BCUT2D eigenvalue weighted by molar-refractivity contribution is -0.148. The van der Waals surface area contributed by atoms with E-state index in [4.69, 9.17) is 28.2 Å². The highest BCUT2D eigenvalue weighted by molar-refractivity contribution is 5.99. The Labute approximate surface area is 199 Å². The van der Waals surface area contributed by atoms with Crippen LogP contribution in [-0.2, 0) is 23.9 Å². The van der Waals surface area contributed by atoms with Crippen LogP contribution in [0.4, 0.5) is 4.79 Å². The molecule has 2 aliphatic rings. The maximum absolute atomic E-state index is 12.6. The lowest BCUT2D eigenvalue weighted by atomic mass is 10.0. The van der Waals surface area contributed by atoms with E-state index in [2.05, 4.69) is 15.8 Å². The molecule has 0 fully saturated rings. The summed E-state index contributed by atoms with van der Waals surface area (Å²) in [6.07, 6.45) is 1.41. The number of esters is 2. The van der Waals surface area contributed by atoms with Crippen LogP contribution in [0, 0.1) is 0 Å². The van der Waals surface area contributed by atoms with Crippen LogP contribution in [0.3, 0.4) is 0 Å². The molecule has 1 aromatic heterocycles. The first-order chi connectivity index (χ1) is 17.0. The number of ether oxygens (including phenoxy) is 4. The van der Waals surface area contributed by atoms with E-state index >= 15 is 0 Å². The molecule has 3 heterocycles. The molecule has 4 rings (SSSR count). The molecule has 0 radical (unpaired) electrons. The highest BCUT2D eigenvalue weighted by Crippen LogP contribution is 2.32. The molecule has 12 heteroatoms. The summed E-state index contributed by atoms with van der Waals surface area (Å²) in [4.78, 5) is 42.1. The van der Waals surface area contributed by atoms with Crippen molar-refractivity contribution >= 4 is 23.7 Å². The topological polar surface area (TPSA) is 147 Å². The first-order valence-corrected chi connectivity index (χ1v) is 10.7. The Morgan fingerprint density at radius 3 is 2.77 bits per heavy atom. The first kappa shape index (κ1) is 23.7. The maximum Gasteiger partial charge on any atom is 0.347 e. The van der Waals surface area contributed by atoms with Gasteiger partial charge in [0.1, 0.15) is 18.4 Å². The maximum atomic E-state index is 12.6. The summed E-state index contributed by atoms with van der Waals surface area (Å²) < 4.78 is 26.3. The second-order valence-electron chi connectivity index (χ2n) is 7.34. The minimum Gasteiger partial charge on any atom is -0.467 e. The molecule has 0 spiro atoms. The fourth-order valence-corrected chi connectivity index (χ4v) is 3.40. The number of carbonyl (C=O) groups is 3. The zero-order valence-electron chi connectivity index (χ0n) is 19.0. The molecule has 2 amide bonds. The second kappa shape index (κ2) is 10.6. The summed E-state index contributed by atoms with van der Waals surface area (Å²) in [6.45, 7) is 2.74. The van der Waals surface area contributed by atoms with Crippen molar-refractivity contribution in [1.29, 1.82) is 0 Å². The van der Waals surface area contributed by atoms with E-state index in [-0.39, 0.29) is 24.7 Å². The predicted octanol–water partition coefficient (Wildman–Crippen LogP) is 2.16. The van der Waals surface area contributed by atoms with E-state index in [0.29, 0.717) is 23.0 Å². The van der Waals surface area contributed by atoms with Gasteiger partial charge in [-0.3, -0.25) is 0 Å². The smallest absolute Gasteiger partial charge is 0.347 e. The van der Waals surface area contributed by atoms with Gasteiger partial charge in [0.05, 0.1) is 29.9 Å². The molecule has 12 nitrogen and oxygen atoms in total. The van der Waals surface area contributed by atoms with Gasteiger partial charge in [-0.25, -0.2) is 14.4 Å². The second-order valence-corrected chi connectivity index (χ2v) is 7.34. The van der Waals surface area contributed by atoms with Crippen LogP contribution in [0.15, 0.2) is 57.4 Å². The van der Waals surface area contributed by atoms with Gasteiger partial charge in [0, 0.05) is 5.56 Å². The van der Waals surface area contributed by atoms with Gasteiger partial charge in [0.15, 0.2) is 11.5 Å². The molecule has 35 heavy (non-hydrogen) atoms. The largest absolute Gasteiger partial charge is 0.467 e. The number of amides is 2. The van der Waals surface area contributed by atoms with Gasteiger partial charge in [-0.2, -0.15) is 0 Å². The molecule has 2 N–H and O–H groups in total. The minimum atomic E-state index is -0.906. The van der Waals surface area contributed by atoms with Crippen LogP contribution in [0.25, 0.3) is 0 Å². The van der Waals surface area contributed by atoms with E-state index in [1.807, 2.05) is 0 Å². The Morgan fingerprint density at radius 1 is 1.17 bits per heavy atom. The molecule has 0 bridgehead atoms. The van der Waals surface area contributed by atoms with Gasteiger partial charge < -0.3 is 38.8 Å². The van der Waals surface area contributed by atoms with Crippen LogP contribution in [0.5, 0.6) is 11.5 Å². The molecule has 0 saturated heterocycles. The molecule has 184 valence electrons. The molecular weight excluding hydrogens is 462 g/mol. The number of furan rings is 1. The van der Waals surface area contributed by atoms with Gasteiger partial charge in [-0.1, -0.05) is 5.16 Å². The number of hydrogen-bond donors (Lipinski definition) is 2. The number of rotatable bonds is 9. The molecule has 2 aromatic rings. The number of fused-ring (bicyclic) bond motifs is 1. The fourth-order valence-electron chi connectivity index (χ4n) is 3.40. The van der Waals surface area contributed by atoms with E-state index in [1.54, 1.807) is 44.2 Å². The van der Waals surface area contributed by atoms with Crippen molar-refractivity contribution in [2.45, 2.75) is 19.9 Å². The number of urea groups is 1. The zero-order chi connectivity index (χ0) is 24.8. The van der Waals surface area contributed by atoms with Gasteiger partial charge >= 0.3 is 18.0 Å². The number of carbonyl (C=O) groups excluding carboxylic acids is 3. The Morgan fingerprint density at radius 2 is 2.00 bits per heavy atom. The molecule has 1 unspecified atom stereocenters. The third kappa shape index (κ3) is 5.54. The van der Waals surface area contributed by atoms with Crippen molar-refractivity contribution in [3.63, 3.8) is 0 Å². The third-order valence-electron chi connectivity index (χ3n) is 5.03. The molecule has 0 saturated carbocycles. The average Bonchev–Trinajstić information content (AvgIpc) is 3.54. The quantitative estimate of drug-likeness (QED) is 0.310. The third-order valence-corrected chi connectivity index (χ3v) is 5.03. The van der Waals surface area contributed by atoms with Crippen molar-refractivity contribution in [2.75, 3.05) is 26.6 Å². The monoisotopic (exact) mass is 485 g/mol. The average molecular weight is 485 g/mol. The highest BCUT2D eigenvalue weighted by atomic mass is 16.7. The summed E-state index contributed by atoms with van der Waals surface area (Å²) >= 11 is 0. The minimum absolute atomic E-state index is 0.0618. The Kier molecular flexibility index (Phi) is 7.19. The summed E-state index contributed by atoms with van der Waals surface area (Å²) in [5.41, 5.74) is 1.37. The van der Waals surface area contributed by atoms with Gasteiger partial charge in [-0.15, -0.1) is 0 Å². The first-order valence-electron chi connectivity index (χ1n) is 10.7. The van der Waals surface area contributed by atoms with Crippen LogP contribution >= 0.6 is 0 Å². The van der Waals surface area contributed by atoms with Gasteiger partial charge in [0.2, 0.25) is 13.4 Å². The van der Waals surface area contributed by atoms with Crippen molar-refractivity contribution in [1.82, 2.24) is 10.6 Å².